The van der Waals surface area contributed by atoms with Crippen LogP contribution >= 0.6 is 0 Å². The van der Waals surface area contributed by atoms with Crippen LogP contribution in [0.25, 0.3) is 0 Å². The maximum absolute atomic E-state index is 12.0. The number of aromatic carboxylic acids is 1. The largest absolute Gasteiger partial charge is 0.478 e. The Kier molecular flexibility index (Phi) is 2.97. The van der Waals surface area contributed by atoms with Crippen molar-refractivity contribution in [2.75, 3.05) is 0 Å². The average molecular weight is 288 g/mol. The van der Waals surface area contributed by atoms with Crippen LogP contribution in [0, 0.1) is 5.92 Å². The van der Waals surface area contributed by atoms with Crippen molar-refractivity contribution in [3.8, 4) is 0 Å². The zero-order chi connectivity index (χ0) is 15.1. The van der Waals surface area contributed by atoms with Gasteiger partial charge in [-0.2, -0.15) is 0 Å². The number of piperidine rings is 1. The van der Waals surface area contributed by atoms with Gasteiger partial charge in [0.15, 0.2) is 0 Å². The van der Waals surface area contributed by atoms with Gasteiger partial charge in [0.05, 0.1) is 17.5 Å². The van der Waals surface area contributed by atoms with Gasteiger partial charge in [-0.1, -0.05) is 6.07 Å². The highest BCUT2D eigenvalue weighted by Crippen LogP contribution is 2.35. The van der Waals surface area contributed by atoms with Crippen molar-refractivity contribution in [1.82, 2.24) is 10.6 Å². The van der Waals surface area contributed by atoms with E-state index in [1.807, 2.05) is 0 Å². The van der Waals surface area contributed by atoms with Gasteiger partial charge in [0.1, 0.15) is 0 Å². The molecule has 7 nitrogen and oxygen atoms in total. The Labute approximate surface area is 119 Å². The van der Waals surface area contributed by atoms with Crippen molar-refractivity contribution in [3.05, 3.63) is 34.9 Å². The van der Waals surface area contributed by atoms with Gasteiger partial charge < -0.3 is 10.4 Å². The molecular weight excluding hydrogens is 276 g/mol. The van der Waals surface area contributed by atoms with E-state index in [1.54, 1.807) is 6.07 Å². The topological polar surface area (TPSA) is 113 Å². The van der Waals surface area contributed by atoms with Crippen LogP contribution in [0.2, 0.25) is 0 Å². The fraction of sp³-hybridized carbons (Fsp3) is 0.286. The molecular formula is C14H12N2O5. The number of fused-ring (bicyclic) bond motifs is 1. The minimum Gasteiger partial charge on any atom is -0.478 e. The minimum absolute atomic E-state index is 0.0211. The summed E-state index contributed by atoms with van der Waals surface area (Å²) in [4.78, 5) is 46.0. The molecule has 0 saturated carbocycles. The van der Waals surface area contributed by atoms with Gasteiger partial charge in [0, 0.05) is 12.0 Å². The molecule has 0 spiro atoms. The molecule has 1 aromatic carbocycles. The molecule has 2 aliphatic heterocycles. The van der Waals surface area contributed by atoms with Gasteiger partial charge in [-0.3, -0.25) is 19.7 Å². The van der Waals surface area contributed by atoms with E-state index >= 15 is 0 Å². The lowest BCUT2D eigenvalue weighted by Gasteiger charge is -2.26. The number of benzene rings is 1. The molecule has 2 heterocycles. The summed E-state index contributed by atoms with van der Waals surface area (Å²) in [5.41, 5.74) is 0.886. The molecule has 2 atom stereocenters. The molecule has 0 bridgehead atoms. The summed E-state index contributed by atoms with van der Waals surface area (Å²) >= 11 is 0. The third kappa shape index (κ3) is 2.16. The van der Waals surface area contributed by atoms with E-state index in [0.717, 1.165) is 0 Å². The zero-order valence-electron chi connectivity index (χ0n) is 10.9. The predicted octanol–water partition coefficient (Wildman–Crippen LogP) is 0.222. The molecule has 0 aliphatic carbocycles. The van der Waals surface area contributed by atoms with Crippen molar-refractivity contribution in [2.24, 2.45) is 5.92 Å². The standard InChI is InChI=1S/C14H12N2O5/c17-10-4-3-8(12(18)15-10)11-7-2-1-6(14(20)21)5-9(7)13(19)16-11/h1-2,5,8,11H,3-4H2,(H,16,19)(H,20,21)(H,15,17,18). The maximum Gasteiger partial charge on any atom is 0.335 e. The number of carbonyl (C=O) groups excluding carboxylic acids is 3. The molecule has 2 unspecified atom stereocenters. The summed E-state index contributed by atoms with van der Waals surface area (Å²) in [5, 5.41) is 13.9. The SMILES string of the molecule is O=C1CCC(C2NC(=O)c3cc(C(=O)O)ccc32)C(=O)N1. The second-order valence-corrected chi connectivity index (χ2v) is 5.12. The first kappa shape index (κ1) is 13.3. The molecule has 3 amide bonds. The first-order valence-corrected chi connectivity index (χ1v) is 6.49. The predicted molar refractivity (Wildman–Crippen MR) is 69.5 cm³/mol. The van der Waals surface area contributed by atoms with E-state index in [9.17, 15) is 19.2 Å². The minimum atomic E-state index is -1.12. The summed E-state index contributed by atoms with van der Waals surface area (Å²) < 4.78 is 0. The maximum atomic E-state index is 12.0. The highest BCUT2D eigenvalue weighted by atomic mass is 16.4. The van der Waals surface area contributed by atoms with Crippen LogP contribution in [0.5, 0.6) is 0 Å². The Bertz CT molecular complexity index is 682. The lowest BCUT2D eigenvalue weighted by Crippen LogP contribution is -2.45. The van der Waals surface area contributed by atoms with Gasteiger partial charge in [0.2, 0.25) is 11.8 Å². The van der Waals surface area contributed by atoms with Crippen LogP contribution in [-0.4, -0.2) is 28.8 Å². The number of carbonyl (C=O) groups is 4. The molecule has 2 aliphatic rings. The Morgan fingerprint density at radius 3 is 2.67 bits per heavy atom. The van der Waals surface area contributed by atoms with Crippen molar-refractivity contribution in [1.29, 1.82) is 0 Å². The summed E-state index contributed by atoms with van der Waals surface area (Å²) in [6.07, 6.45) is 0.584. The van der Waals surface area contributed by atoms with E-state index < -0.39 is 29.7 Å². The number of carboxylic acid groups (broad SMARTS) is 1. The molecule has 1 fully saturated rings. The molecule has 108 valence electrons. The number of hydrogen-bond acceptors (Lipinski definition) is 4. The second-order valence-electron chi connectivity index (χ2n) is 5.12. The van der Waals surface area contributed by atoms with Crippen LogP contribution in [0.4, 0.5) is 0 Å². The van der Waals surface area contributed by atoms with E-state index in [0.29, 0.717) is 12.0 Å². The Morgan fingerprint density at radius 2 is 2.00 bits per heavy atom. The van der Waals surface area contributed by atoms with Gasteiger partial charge in [-0.25, -0.2) is 4.79 Å². The van der Waals surface area contributed by atoms with Crippen molar-refractivity contribution >= 4 is 23.7 Å². The molecule has 1 saturated heterocycles. The molecule has 0 aromatic heterocycles. The Hall–Kier alpha value is -2.70. The van der Waals surface area contributed by atoms with Crippen LogP contribution in [0.3, 0.4) is 0 Å². The number of imide groups is 1. The number of nitrogens with one attached hydrogen (secondary N) is 2. The monoisotopic (exact) mass is 288 g/mol. The van der Waals surface area contributed by atoms with Crippen LogP contribution < -0.4 is 10.6 Å². The summed E-state index contributed by atoms with van der Waals surface area (Å²) in [6.45, 7) is 0. The average Bonchev–Trinajstić information content (AvgIpc) is 2.75. The van der Waals surface area contributed by atoms with E-state index in [4.69, 9.17) is 5.11 Å². The molecule has 21 heavy (non-hydrogen) atoms. The zero-order valence-corrected chi connectivity index (χ0v) is 10.9. The number of hydrogen-bond donors (Lipinski definition) is 3. The fourth-order valence-electron chi connectivity index (χ4n) is 2.80. The molecule has 0 radical (unpaired) electrons. The van der Waals surface area contributed by atoms with Gasteiger partial charge in [-0.15, -0.1) is 0 Å². The van der Waals surface area contributed by atoms with Crippen LogP contribution in [0.15, 0.2) is 18.2 Å². The highest BCUT2D eigenvalue weighted by Gasteiger charge is 2.40. The smallest absolute Gasteiger partial charge is 0.335 e. The normalized spacial score (nSPS) is 24.3. The lowest BCUT2D eigenvalue weighted by atomic mass is 9.86. The molecule has 7 heteroatoms. The number of rotatable bonds is 2. The first-order chi connectivity index (χ1) is 9.97. The fourth-order valence-corrected chi connectivity index (χ4v) is 2.80. The van der Waals surface area contributed by atoms with Crippen molar-refractivity contribution < 1.29 is 24.3 Å². The first-order valence-electron chi connectivity index (χ1n) is 6.49. The number of carboxylic acids is 1. The van der Waals surface area contributed by atoms with E-state index in [2.05, 4.69) is 10.6 Å². The molecule has 3 N–H and O–H groups in total. The third-order valence-corrected chi connectivity index (χ3v) is 3.85. The van der Waals surface area contributed by atoms with Crippen molar-refractivity contribution in [2.45, 2.75) is 18.9 Å². The van der Waals surface area contributed by atoms with Gasteiger partial charge in [0.25, 0.3) is 5.91 Å². The number of amides is 3. The summed E-state index contributed by atoms with van der Waals surface area (Å²) in [6, 6.07) is 3.73. The molecule has 3 rings (SSSR count). The third-order valence-electron chi connectivity index (χ3n) is 3.85. The van der Waals surface area contributed by atoms with Crippen LogP contribution in [0.1, 0.15) is 45.2 Å². The summed E-state index contributed by atoms with van der Waals surface area (Å²) in [7, 11) is 0. The van der Waals surface area contributed by atoms with Gasteiger partial charge >= 0.3 is 5.97 Å². The molecule has 1 aromatic rings. The van der Waals surface area contributed by atoms with Crippen LogP contribution in [-0.2, 0) is 9.59 Å². The summed E-state index contributed by atoms with van der Waals surface area (Å²) in [5.74, 6) is -2.77. The van der Waals surface area contributed by atoms with Crippen molar-refractivity contribution in [3.63, 3.8) is 0 Å². The Balaban J connectivity index is 1.95. The van der Waals surface area contributed by atoms with E-state index in [-0.39, 0.29) is 23.5 Å². The Morgan fingerprint density at radius 1 is 1.24 bits per heavy atom. The lowest BCUT2D eigenvalue weighted by molar-refractivity contribution is -0.137. The van der Waals surface area contributed by atoms with E-state index in [1.165, 1.54) is 12.1 Å². The quantitative estimate of drug-likeness (QED) is 0.674. The van der Waals surface area contributed by atoms with Gasteiger partial charge in [-0.05, 0) is 24.1 Å². The second kappa shape index (κ2) is 4.69. The highest BCUT2D eigenvalue weighted by molar-refractivity contribution is 6.04.